The molecule has 4 rings (SSSR count). The molecule has 0 saturated carbocycles. The summed E-state index contributed by atoms with van der Waals surface area (Å²) in [5.74, 6) is 0.802. The van der Waals surface area contributed by atoms with Gasteiger partial charge in [0.1, 0.15) is 11.6 Å². The van der Waals surface area contributed by atoms with Crippen LogP contribution in [-0.2, 0) is 4.74 Å². The number of ether oxygens (including phenoxy) is 1. The average molecular weight is 402 g/mol. The quantitative estimate of drug-likeness (QED) is 0.688. The first-order valence-corrected chi connectivity index (χ1v) is 8.97. The summed E-state index contributed by atoms with van der Waals surface area (Å²) in [7, 11) is 0. The largest absolute Gasteiger partial charge is 0.378 e. The fraction of sp³-hybridized carbons (Fsp3) is 0.222. The van der Waals surface area contributed by atoms with Crippen LogP contribution in [0.5, 0.6) is 0 Å². The van der Waals surface area contributed by atoms with E-state index in [0.29, 0.717) is 37.9 Å². The second-order valence-corrected chi connectivity index (χ2v) is 6.52. The van der Waals surface area contributed by atoms with Crippen molar-refractivity contribution in [3.05, 3.63) is 47.6 Å². The first-order chi connectivity index (χ1) is 13.6. The number of rotatable bonds is 4. The van der Waals surface area contributed by atoms with Gasteiger partial charge in [-0.25, -0.2) is 19.3 Å². The topological polar surface area (TPSA) is 102 Å². The molecule has 0 radical (unpaired) electrons. The van der Waals surface area contributed by atoms with Gasteiger partial charge in [-0.1, -0.05) is 11.6 Å². The number of nitrogens with one attached hydrogen (secondary N) is 1. The van der Waals surface area contributed by atoms with Gasteiger partial charge < -0.3 is 20.7 Å². The lowest BCUT2D eigenvalue weighted by molar-refractivity contribution is 0.122. The van der Waals surface area contributed by atoms with E-state index in [1.165, 1.54) is 12.1 Å². The highest BCUT2D eigenvalue weighted by molar-refractivity contribution is 6.31. The number of aromatic nitrogens is 4. The maximum Gasteiger partial charge on any atom is 0.229 e. The highest BCUT2D eigenvalue weighted by Crippen LogP contribution is 2.30. The van der Waals surface area contributed by atoms with Crippen molar-refractivity contribution in [1.29, 1.82) is 0 Å². The predicted octanol–water partition coefficient (Wildman–Crippen LogP) is 2.89. The van der Waals surface area contributed by atoms with E-state index in [1.54, 1.807) is 24.7 Å². The normalized spacial score (nSPS) is 14.1. The number of nitrogen functional groups attached to an aromatic ring is 1. The van der Waals surface area contributed by atoms with Crippen molar-refractivity contribution in [3.8, 4) is 11.1 Å². The van der Waals surface area contributed by atoms with E-state index < -0.39 is 5.82 Å². The zero-order valence-corrected chi connectivity index (χ0v) is 15.5. The molecule has 1 saturated heterocycles. The van der Waals surface area contributed by atoms with Crippen molar-refractivity contribution in [3.63, 3.8) is 0 Å². The van der Waals surface area contributed by atoms with Gasteiger partial charge in [0, 0.05) is 48.5 Å². The van der Waals surface area contributed by atoms with Gasteiger partial charge >= 0.3 is 0 Å². The molecule has 0 bridgehead atoms. The number of nitrogens with two attached hydrogens (primary N) is 1. The van der Waals surface area contributed by atoms with Gasteiger partial charge in [-0.05, 0) is 18.2 Å². The second-order valence-electron chi connectivity index (χ2n) is 6.11. The third-order valence-electron chi connectivity index (χ3n) is 4.24. The Kier molecular flexibility index (Phi) is 5.18. The summed E-state index contributed by atoms with van der Waals surface area (Å²) >= 11 is 5.85. The minimum absolute atomic E-state index is 0.0223. The minimum atomic E-state index is -0.485. The Balaban J connectivity index is 1.70. The van der Waals surface area contributed by atoms with Crippen molar-refractivity contribution in [2.24, 2.45) is 0 Å². The van der Waals surface area contributed by atoms with Crippen LogP contribution in [-0.4, -0.2) is 46.2 Å². The Morgan fingerprint density at radius 2 is 1.86 bits per heavy atom. The van der Waals surface area contributed by atoms with E-state index in [4.69, 9.17) is 22.1 Å². The van der Waals surface area contributed by atoms with E-state index in [2.05, 4.69) is 30.2 Å². The van der Waals surface area contributed by atoms with Gasteiger partial charge in [0.25, 0.3) is 0 Å². The van der Waals surface area contributed by atoms with Crippen LogP contribution in [0.15, 0.2) is 36.8 Å². The van der Waals surface area contributed by atoms with Crippen LogP contribution < -0.4 is 16.0 Å². The van der Waals surface area contributed by atoms with Gasteiger partial charge in [-0.3, -0.25) is 0 Å². The minimum Gasteiger partial charge on any atom is -0.378 e. The predicted molar refractivity (Wildman–Crippen MR) is 105 cm³/mol. The molecule has 1 aromatic carbocycles. The van der Waals surface area contributed by atoms with E-state index in [9.17, 15) is 4.39 Å². The first kappa shape index (κ1) is 18.3. The van der Waals surface area contributed by atoms with Crippen LogP contribution >= 0.6 is 11.6 Å². The van der Waals surface area contributed by atoms with Crippen LogP contribution in [0.2, 0.25) is 5.02 Å². The Hall–Kier alpha value is -3.04. The molecular formula is C18H17ClFN7O. The number of nitrogens with zero attached hydrogens (tertiary/aromatic N) is 5. The fourth-order valence-corrected chi connectivity index (χ4v) is 3.01. The lowest BCUT2D eigenvalue weighted by atomic mass is 10.1. The maximum atomic E-state index is 13.4. The Labute approximate surface area is 165 Å². The van der Waals surface area contributed by atoms with Gasteiger partial charge in [0.05, 0.1) is 18.2 Å². The molecule has 0 aliphatic carbocycles. The van der Waals surface area contributed by atoms with Crippen LogP contribution in [0, 0.1) is 5.82 Å². The molecule has 8 nitrogen and oxygen atoms in total. The van der Waals surface area contributed by atoms with Gasteiger partial charge in [0.2, 0.25) is 11.9 Å². The number of hydrogen-bond acceptors (Lipinski definition) is 8. The highest BCUT2D eigenvalue weighted by Gasteiger charge is 2.19. The molecule has 1 fully saturated rings. The Morgan fingerprint density at radius 1 is 1.11 bits per heavy atom. The monoisotopic (exact) mass is 401 g/mol. The Bertz CT molecular complexity index is 980. The highest BCUT2D eigenvalue weighted by atomic mass is 35.5. The van der Waals surface area contributed by atoms with Crippen molar-refractivity contribution in [2.75, 3.05) is 42.3 Å². The smallest absolute Gasteiger partial charge is 0.229 e. The summed E-state index contributed by atoms with van der Waals surface area (Å²) < 4.78 is 18.8. The summed E-state index contributed by atoms with van der Waals surface area (Å²) in [5.41, 5.74) is 7.72. The molecule has 0 atom stereocenters. The molecule has 1 aliphatic heterocycles. The molecular weight excluding hydrogens is 385 g/mol. The molecule has 0 amide bonds. The second kappa shape index (κ2) is 7.91. The van der Waals surface area contributed by atoms with Crippen molar-refractivity contribution >= 4 is 35.0 Å². The molecule has 10 heteroatoms. The molecule has 1 aliphatic rings. The fourth-order valence-electron chi connectivity index (χ4n) is 2.83. The summed E-state index contributed by atoms with van der Waals surface area (Å²) in [4.78, 5) is 19.3. The van der Waals surface area contributed by atoms with Crippen molar-refractivity contribution in [1.82, 2.24) is 19.9 Å². The van der Waals surface area contributed by atoms with Crippen LogP contribution in [0.3, 0.4) is 0 Å². The third-order valence-corrected chi connectivity index (χ3v) is 4.53. The number of benzene rings is 1. The molecule has 144 valence electrons. The molecule has 28 heavy (non-hydrogen) atoms. The first-order valence-electron chi connectivity index (χ1n) is 8.60. The van der Waals surface area contributed by atoms with E-state index in [1.807, 2.05) is 0 Å². The van der Waals surface area contributed by atoms with Crippen molar-refractivity contribution < 1.29 is 9.13 Å². The number of halogens is 2. The summed E-state index contributed by atoms with van der Waals surface area (Å²) in [6.07, 6.45) is 4.97. The van der Waals surface area contributed by atoms with Crippen LogP contribution in [0.25, 0.3) is 11.1 Å². The van der Waals surface area contributed by atoms with Crippen molar-refractivity contribution in [2.45, 2.75) is 0 Å². The van der Waals surface area contributed by atoms with E-state index in [-0.39, 0.29) is 11.0 Å². The lowest BCUT2D eigenvalue weighted by Crippen LogP contribution is -2.37. The number of anilines is 4. The number of hydrogen-bond donors (Lipinski definition) is 2. The SMILES string of the molecule is Nc1ncc(-c2cnc(Nc3ccc(F)c(Cl)c3)nc2N2CCOCC2)cn1. The zero-order valence-electron chi connectivity index (χ0n) is 14.8. The van der Waals surface area contributed by atoms with Crippen LogP contribution in [0.1, 0.15) is 0 Å². The van der Waals surface area contributed by atoms with Gasteiger partial charge in [-0.2, -0.15) is 4.98 Å². The van der Waals surface area contributed by atoms with Gasteiger partial charge in [-0.15, -0.1) is 0 Å². The molecule has 0 spiro atoms. The summed E-state index contributed by atoms with van der Waals surface area (Å²) in [6.45, 7) is 2.61. The lowest BCUT2D eigenvalue weighted by Gasteiger charge is -2.29. The maximum absolute atomic E-state index is 13.4. The van der Waals surface area contributed by atoms with E-state index >= 15 is 0 Å². The third kappa shape index (κ3) is 3.95. The summed E-state index contributed by atoms with van der Waals surface area (Å²) in [5, 5.41) is 3.08. The Morgan fingerprint density at radius 3 is 2.57 bits per heavy atom. The number of morpholine rings is 1. The molecule has 3 N–H and O–H groups in total. The molecule has 0 unspecified atom stereocenters. The molecule has 2 aromatic heterocycles. The van der Waals surface area contributed by atoms with Crippen LogP contribution in [0.4, 0.5) is 27.8 Å². The summed E-state index contributed by atoms with van der Waals surface area (Å²) in [6, 6.07) is 4.34. The average Bonchev–Trinajstić information content (AvgIpc) is 2.72. The molecule has 3 heterocycles. The van der Waals surface area contributed by atoms with Gasteiger partial charge in [0.15, 0.2) is 0 Å². The standard InChI is InChI=1S/C18H17ClFN7O/c19-14-7-12(1-2-15(14)20)25-18-24-10-13(11-8-22-17(21)23-9-11)16(26-18)27-3-5-28-6-4-27/h1-2,7-10H,3-6H2,(H2,21,22,23)(H,24,25,26). The molecule has 3 aromatic rings. The van der Waals surface area contributed by atoms with E-state index in [0.717, 1.165) is 16.9 Å². The zero-order chi connectivity index (χ0) is 19.5.